The Labute approximate surface area is 140 Å². The van der Waals surface area contributed by atoms with E-state index in [1.165, 1.54) is 4.68 Å². The molecule has 1 unspecified atom stereocenters. The van der Waals surface area contributed by atoms with Crippen molar-refractivity contribution in [3.8, 4) is 5.69 Å². The predicted octanol–water partition coefficient (Wildman–Crippen LogP) is 2.89. The predicted molar refractivity (Wildman–Crippen MR) is 91.7 cm³/mol. The Balaban J connectivity index is 1.96. The maximum absolute atomic E-state index is 12.6. The first-order valence-electron chi connectivity index (χ1n) is 7.76. The molecule has 0 amide bonds. The van der Waals surface area contributed by atoms with E-state index in [0.29, 0.717) is 31.1 Å². The lowest BCUT2D eigenvalue weighted by Crippen LogP contribution is -2.50. The molecule has 122 valence electrons. The third kappa shape index (κ3) is 3.12. The van der Waals surface area contributed by atoms with Gasteiger partial charge in [-0.15, -0.1) is 0 Å². The quantitative estimate of drug-likeness (QED) is 0.866. The molecule has 1 aromatic carbocycles. The smallest absolute Gasteiger partial charge is 0.292 e. The van der Waals surface area contributed by atoms with Gasteiger partial charge in [-0.25, -0.2) is 0 Å². The zero-order valence-corrected chi connectivity index (χ0v) is 14.1. The lowest BCUT2D eigenvalue weighted by molar-refractivity contribution is -0.0441. The first kappa shape index (κ1) is 16.0. The van der Waals surface area contributed by atoms with Gasteiger partial charge in [0.25, 0.3) is 5.56 Å². The fourth-order valence-electron chi connectivity index (χ4n) is 2.75. The number of halogens is 1. The zero-order chi connectivity index (χ0) is 16.4. The molecule has 1 aliphatic heterocycles. The number of ether oxygens (including phenoxy) is 1. The van der Waals surface area contributed by atoms with Crippen molar-refractivity contribution in [2.75, 3.05) is 24.6 Å². The average molecular weight is 334 g/mol. The van der Waals surface area contributed by atoms with E-state index in [1.54, 1.807) is 6.20 Å². The van der Waals surface area contributed by atoms with E-state index in [0.717, 1.165) is 6.42 Å². The number of nitrogens with zero attached hydrogens (tertiary/aromatic N) is 3. The van der Waals surface area contributed by atoms with Gasteiger partial charge in [-0.05, 0) is 25.5 Å². The lowest BCUT2D eigenvalue weighted by atomic mass is 10.0. The molecule has 1 fully saturated rings. The molecule has 0 radical (unpaired) electrons. The molecule has 1 aliphatic rings. The van der Waals surface area contributed by atoms with Gasteiger partial charge in [0.2, 0.25) is 0 Å². The Morgan fingerprint density at radius 3 is 2.78 bits per heavy atom. The molecule has 0 N–H and O–H groups in total. The van der Waals surface area contributed by atoms with Crippen LogP contribution in [0.5, 0.6) is 0 Å². The number of rotatable bonds is 3. The first-order chi connectivity index (χ1) is 11.0. The Hall–Kier alpha value is -1.85. The van der Waals surface area contributed by atoms with Gasteiger partial charge in [0, 0.05) is 13.1 Å². The molecule has 0 bridgehead atoms. The highest BCUT2D eigenvalue weighted by molar-refractivity contribution is 6.33. The van der Waals surface area contributed by atoms with Gasteiger partial charge in [0.05, 0.1) is 29.8 Å². The highest BCUT2D eigenvalue weighted by atomic mass is 35.5. The summed E-state index contributed by atoms with van der Waals surface area (Å²) < 4.78 is 7.17. The van der Waals surface area contributed by atoms with E-state index >= 15 is 0 Å². The highest BCUT2D eigenvalue weighted by Gasteiger charge is 2.31. The number of benzene rings is 1. The summed E-state index contributed by atoms with van der Waals surface area (Å²) in [6.45, 7) is 6.18. The number of aromatic nitrogens is 2. The molecule has 0 saturated carbocycles. The fraction of sp³-hybridized carbons (Fsp3) is 0.412. The fourth-order valence-corrected chi connectivity index (χ4v) is 3.00. The first-order valence-corrected chi connectivity index (χ1v) is 8.14. The number of hydrogen-bond donors (Lipinski definition) is 0. The highest BCUT2D eigenvalue weighted by Crippen LogP contribution is 2.28. The normalized spacial score (nSPS) is 21.4. The van der Waals surface area contributed by atoms with Crippen LogP contribution in [-0.4, -0.2) is 35.1 Å². The maximum atomic E-state index is 12.6. The minimum Gasteiger partial charge on any atom is -0.372 e. The van der Waals surface area contributed by atoms with Crippen molar-refractivity contribution < 1.29 is 4.74 Å². The van der Waals surface area contributed by atoms with Crippen molar-refractivity contribution in [3.05, 3.63) is 51.9 Å². The van der Waals surface area contributed by atoms with Gasteiger partial charge in [0.1, 0.15) is 5.02 Å². The van der Waals surface area contributed by atoms with Gasteiger partial charge in [0.15, 0.2) is 0 Å². The Morgan fingerprint density at radius 2 is 2.09 bits per heavy atom. The number of anilines is 1. The summed E-state index contributed by atoms with van der Waals surface area (Å²) in [5.41, 5.74) is 0.841. The van der Waals surface area contributed by atoms with E-state index in [-0.39, 0.29) is 16.2 Å². The van der Waals surface area contributed by atoms with Crippen LogP contribution in [0.2, 0.25) is 5.02 Å². The third-order valence-electron chi connectivity index (χ3n) is 4.33. The lowest BCUT2D eigenvalue weighted by Gasteiger charge is -2.41. The number of hydrogen-bond acceptors (Lipinski definition) is 4. The summed E-state index contributed by atoms with van der Waals surface area (Å²) in [4.78, 5) is 14.7. The van der Waals surface area contributed by atoms with Crippen LogP contribution < -0.4 is 10.5 Å². The van der Waals surface area contributed by atoms with Crippen molar-refractivity contribution in [2.45, 2.75) is 25.9 Å². The minimum atomic E-state index is -0.305. The van der Waals surface area contributed by atoms with E-state index in [9.17, 15) is 4.79 Å². The Bertz CT molecular complexity index is 747. The Kier molecular flexibility index (Phi) is 4.41. The zero-order valence-electron chi connectivity index (χ0n) is 13.3. The van der Waals surface area contributed by atoms with Crippen LogP contribution in [-0.2, 0) is 4.74 Å². The molecule has 1 aromatic heterocycles. The second-order valence-corrected chi connectivity index (χ2v) is 6.35. The van der Waals surface area contributed by atoms with Crippen molar-refractivity contribution in [1.29, 1.82) is 0 Å². The summed E-state index contributed by atoms with van der Waals surface area (Å²) in [6.07, 6.45) is 2.56. The second-order valence-electron chi connectivity index (χ2n) is 5.97. The average Bonchev–Trinajstić information content (AvgIpc) is 2.58. The van der Waals surface area contributed by atoms with Gasteiger partial charge >= 0.3 is 0 Å². The van der Waals surface area contributed by atoms with Crippen LogP contribution in [0, 0.1) is 0 Å². The summed E-state index contributed by atoms with van der Waals surface area (Å²) in [5.74, 6) is 0. The Morgan fingerprint density at radius 1 is 1.35 bits per heavy atom. The van der Waals surface area contributed by atoms with Gasteiger partial charge < -0.3 is 9.64 Å². The van der Waals surface area contributed by atoms with Gasteiger partial charge in [-0.2, -0.15) is 9.78 Å². The van der Waals surface area contributed by atoms with E-state index in [4.69, 9.17) is 16.3 Å². The van der Waals surface area contributed by atoms with E-state index in [2.05, 4.69) is 23.8 Å². The molecule has 0 spiro atoms. The molecule has 1 saturated heterocycles. The number of morpholine rings is 1. The van der Waals surface area contributed by atoms with Crippen LogP contribution in [0.1, 0.15) is 20.3 Å². The van der Waals surface area contributed by atoms with Gasteiger partial charge in [-0.1, -0.05) is 36.7 Å². The van der Waals surface area contributed by atoms with E-state index in [1.807, 2.05) is 30.3 Å². The van der Waals surface area contributed by atoms with Crippen LogP contribution in [0.4, 0.5) is 5.69 Å². The minimum absolute atomic E-state index is 0.198. The largest absolute Gasteiger partial charge is 0.372 e. The topological polar surface area (TPSA) is 47.4 Å². The van der Waals surface area contributed by atoms with Crippen molar-refractivity contribution in [2.24, 2.45) is 0 Å². The number of para-hydroxylation sites is 1. The molecule has 2 heterocycles. The van der Waals surface area contributed by atoms with Crippen LogP contribution in [0.25, 0.3) is 5.69 Å². The van der Waals surface area contributed by atoms with Crippen LogP contribution >= 0.6 is 11.6 Å². The van der Waals surface area contributed by atoms with E-state index < -0.39 is 0 Å². The van der Waals surface area contributed by atoms with Crippen molar-refractivity contribution in [1.82, 2.24) is 9.78 Å². The van der Waals surface area contributed by atoms with Crippen LogP contribution in [0.3, 0.4) is 0 Å². The maximum Gasteiger partial charge on any atom is 0.292 e. The molecule has 0 aliphatic carbocycles. The monoisotopic (exact) mass is 333 g/mol. The molecule has 6 heteroatoms. The molecule has 23 heavy (non-hydrogen) atoms. The second kappa shape index (κ2) is 6.34. The summed E-state index contributed by atoms with van der Waals surface area (Å²) in [7, 11) is 0. The molecular weight excluding hydrogens is 314 g/mol. The summed E-state index contributed by atoms with van der Waals surface area (Å²) >= 11 is 6.36. The molecule has 2 aromatic rings. The summed E-state index contributed by atoms with van der Waals surface area (Å²) in [6, 6.07) is 9.27. The molecule has 5 nitrogen and oxygen atoms in total. The van der Waals surface area contributed by atoms with Crippen molar-refractivity contribution >= 4 is 17.3 Å². The molecule has 1 atom stereocenters. The summed E-state index contributed by atoms with van der Waals surface area (Å²) in [5, 5.41) is 4.49. The standard InChI is InChI=1S/C17H20ClN3O2/c1-3-17(2)12-20(9-10-23-17)14-11-19-21(16(22)15(14)18)13-7-5-4-6-8-13/h4-8,11H,3,9-10,12H2,1-2H3. The van der Waals surface area contributed by atoms with Gasteiger partial charge in [-0.3, -0.25) is 4.79 Å². The molecule has 3 rings (SSSR count). The SMILES string of the molecule is CCC1(C)CN(c2cnn(-c3ccccc3)c(=O)c2Cl)CCO1. The van der Waals surface area contributed by atoms with Crippen molar-refractivity contribution in [3.63, 3.8) is 0 Å². The molecular formula is C17H20ClN3O2. The third-order valence-corrected chi connectivity index (χ3v) is 4.68. The van der Waals surface area contributed by atoms with Crippen LogP contribution in [0.15, 0.2) is 41.3 Å².